The van der Waals surface area contributed by atoms with Crippen molar-refractivity contribution in [3.63, 3.8) is 0 Å². The molecular formula is C12H21N3O4. The number of ketones is 1. The highest BCUT2D eigenvalue weighted by atomic mass is 16.5. The van der Waals surface area contributed by atoms with E-state index in [1.165, 1.54) is 6.92 Å². The van der Waals surface area contributed by atoms with Crippen molar-refractivity contribution < 1.29 is 24.2 Å². The van der Waals surface area contributed by atoms with Crippen LogP contribution in [-0.4, -0.2) is 45.7 Å². The summed E-state index contributed by atoms with van der Waals surface area (Å²) in [5.41, 5.74) is 7.08. The summed E-state index contributed by atoms with van der Waals surface area (Å²) < 4.78 is 4.65. The second-order valence-corrected chi connectivity index (χ2v) is 4.14. The lowest BCUT2D eigenvalue weighted by molar-refractivity contribution is -0.122. The first-order chi connectivity index (χ1) is 8.86. The molecule has 0 heterocycles. The van der Waals surface area contributed by atoms with Gasteiger partial charge < -0.3 is 20.7 Å². The molecule has 0 fully saturated rings. The van der Waals surface area contributed by atoms with Gasteiger partial charge in [-0.2, -0.15) is 4.79 Å². The van der Waals surface area contributed by atoms with Gasteiger partial charge in [-0.25, -0.2) is 4.79 Å². The molecule has 0 aliphatic carbocycles. The minimum absolute atomic E-state index is 0.182. The maximum atomic E-state index is 12.1. The van der Waals surface area contributed by atoms with E-state index in [1.54, 1.807) is 20.8 Å². The first kappa shape index (κ1) is 17.3. The fourth-order valence-corrected chi connectivity index (χ4v) is 1.58. The van der Waals surface area contributed by atoms with Crippen molar-refractivity contribution in [2.24, 2.45) is 0 Å². The van der Waals surface area contributed by atoms with Gasteiger partial charge in [0.25, 0.3) is 5.78 Å². The number of Topliss-reactive ketones (excluding diaryl/α,β-unsaturated/α-hetero) is 1. The summed E-state index contributed by atoms with van der Waals surface area (Å²) in [5, 5.41) is 12.5. The monoisotopic (exact) mass is 271 g/mol. The van der Waals surface area contributed by atoms with E-state index in [9.17, 15) is 14.7 Å². The molecule has 0 aromatic heterocycles. The Kier molecular flexibility index (Phi) is 6.96. The van der Waals surface area contributed by atoms with Crippen LogP contribution >= 0.6 is 0 Å². The van der Waals surface area contributed by atoms with Crippen molar-refractivity contribution >= 4 is 17.6 Å². The zero-order valence-electron chi connectivity index (χ0n) is 11.8. The molecule has 0 saturated heterocycles. The van der Waals surface area contributed by atoms with Crippen molar-refractivity contribution in [2.45, 2.75) is 52.2 Å². The van der Waals surface area contributed by atoms with Gasteiger partial charge in [0.2, 0.25) is 0 Å². The molecule has 0 aromatic carbocycles. The molecule has 1 atom stereocenters. The molecule has 19 heavy (non-hydrogen) atoms. The predicted molar refractivity (Wildman–Crippen MR) is 68.8 cm³/mol. The Morgan fingerprint density at radius 3 is 2.26 bits per heavy atom. The van der Waals surface area contributed by atoms with E-state index >= 15 is 0 Å². The largest absolute Gasteiger partial charge is 0.450 e. The quantitative estimate of drug-likeness (QED) is 0.407. The molecule has 7 nitrogen and oxygen atoms in total. The van der Waals surface area contributed by atoms with Gasteiger partial charge in [0.15, 0.2) is 5.60 Å². The molecule has 0 radical (unpaired) electrons. The van der Waals surface area contributed by atoms with Crippen LogP contribution in [-0.2, 0) is 9.53 Å². The summed E-state index contributed by atoms with van der Waals surface area (Å²) in [6, 6.07) is -0.949. The van der Waals surface area contributed by atoms with Gasteiger partial charge in [0.1, 0.15) is 6.04 Å². The summed E-state index contributed by atoms with van der Waals surface area (Å²) in [6.45, 7) is 6.59. The van der Waals surface area contributed by atoms with Crippen LogP contribution in [0.1, 0.15) is 40.5 Å². The molecule has 2 N–H and O–H groups in total. The van der Waals surface area contributed by atoms with Crippen LogP contribution in [0.25, 0.3) is 5.53 Å². The second-order valence-electron chi connectivity index (χ2n) is 4.14. The molecule has 0 aliphatic rings. The van der Waals surface area contributed by atoms with E-state index in [0.717, 1.165) is 0 Å². The van der Waals surface area contributed by atoms with E-state index in [1.807, 2.05) is 0 Å². The number of amides is 1. The zero-order chi connectivity index (χ0) is 15.1. The van der Waals surface area contributed by atoms with Crippen molar-refractivity contribution in [1.82, 2.24) is 5.32 Å². The SMILES string of the molecule is CCOC(=O)N[C@@H](C)C(=O)C(=[N+]=[N-])C(O)(CC)CC. The van der Waals surface area contributed by atoms with Gasteiger partial charge in [-0.3, -0.25) is 4.79 Å². The fraction of sp³-hybridized carbons (Fsp3) is 0.750. The average Bonchev–Trinajstić information content (AvgIpc) is 2.39. The molecule has 7 heteroatoms. The highest BCUT2D eigenvalue weighted by Gasteiger charge is 2.44. The second kappa shape index (κ2) is 7.66. The van der Waals surface area contributed by atoms with Crippen LogP contribution in [0.4, 0.5) is 4.79 Å². The molecule has 0 aromatic rings. The Labute approximate surface area is 112 Å². The lowest BCUT2D eigenvalue weighted by Crippen LogP contribution is -2.50. The lowest BCUT2D eigenvalue weighted by Gasteiger charge is -2.21. The lowest BCUT2D eigenvalue weighted by atomic mass is 9.87. The Bertz CT molecular complexity index is 384. The first-order valence-electron chi connectivity index (χ1n) is 6.28. The van der Waals surface area contributed by atoms with Gasteiger partial charge in [-0.15, -0.1) is 0 Å². The molecule has 0 spiro atoms. The maximum Gasteiger partial charge on any atom is 0.407 e. The first-order valence-corrected chi connectivity index (χ1v) is 6.28. The fourth-order valence-electron chi connectivity index (χ4n) is 1.58. The molecular weight excluding hydrogens is 250 g/mol. The van der Waals surface area contributed by atoms with Gasteiger partial charge in [-0.1, -0.05) is 13.8 Å². The Hall–Kier alpha value is -1.72. The normalized spacial score (nSPS) is 12.3. The number of nitrogens with zero attached hydrogens (tertiary/aromatic N) is 2. The minimum Gasteiger partial charge on any atom is -0.450 e. The summed E-state index contributed by atoms with van der Waals surface area (Å²) in [7, 11) is 0. The van der Waals surface area contributed by atoms with Gasteiger partial charge in [0.05, 0.1) is 6.61 Å². The van der Waals surface area contributed by atoms with Crippen LogP contribution in [0.3, 0.4) is 0 Å². The predicted octanol–water partition coefficient (Wildman–Crippen LogP) is 0.912. The minimum atomic E-state index is -1.50. The Morgan fingerprint density at radius 1 is 1.37 bits per heavy atom. The van der Waals surface area contributed by atoms with E-state index in [4.69, 9.17) is 5.53 Å². The Balaban J connectivity index is 4.97. The number of aliphatic hydroxyl groups is 1. The number of nitrogens with one attached hydrogen (secondary N) is 1. The third kappa shape index (κ3) is 4.46. The van der Waals surface area contributed by atoms with E-state index < -0.39 is 23.5 Å². The number of carbonyl (C=O) groups is 2. The average molecular weight is 271 g/mol. The summed E-state index contributed by atoms with van der Waals surface area (Å²) in [6.07, 6.45) is -0.293. The van der Waals surface area contributed by atoms with Crippen LogP contribution in [0.5, 0.6) is 0 Å². The maximum absolute atomic E-state index is 12.1. The summed E-state index contributed by atoms with van der Waals surface area (Å²) >= 11 is 0. The van der Waals surface area contributed by atoms with Gasteiger partial charge >= 0.3 is 11.8 Å². The van der Waals surface area contributed by atoms with Crippen molar-refractivity contribution in [2.75, 3.05) is 6.61 Å². The van der Waals surface area contributed by atoms with Gasteiger partial charge in [-0.05, 0) is 26.7 Å². The number of alkyl carbamates (subject to hydrolysis) is 1. The number of hydrogen-bond acceptors (Lipinski definition) is 4. The van der Waals surface area contributed by atoms with Crippen LogP contribution < -0.4 is 5.32 Å². The van der Waals surface area contributed by atoms with E-state index in [0.29, 0.717) is 0 Å². The van der Waals surface area contributed by atoms with Crippen LogP contribution in [0, 0.1) is 0 Å². The standard InChI is InChI=1S/C12H21N3O4/c1-5-12(18,6-2)10(15-13)9(16)8(4)14-11(17)19-7-3/h8,18H,5-7H2,1-4H3,(H,14,17)/t8-/m0/s1. The molecule has 0 unspecified atom stereocenters. The van der Waals surface area contributed by atoms with Crippen molar-refractivity contribution in [3.8, 4) is 0 Å². The number of hydrogen-bond donors (Lipinski definition) is 2. The van der Waals surface area contributed by atoms with Crippen LogP contribution in [0.15, 0.2) is 0 Å². The smallest absolute Gasteiger partial charge is 0.407 e. The summed E-state index contributed by atoms with van der Waals surface area (Å²) in [4.78, 5) is 26.2. The van der Waals surface area contributed by atoms with Crippen molar-refractivity contribution in [3.05, 3.63) is 5.53 Å². The Morgan fingerprint density at radius 2 is 1.89 bits per heavy atom. The number of carbonyl (C=O) groups excluding carboxylic acids is 2. The molecule has 108 valence electrons. The molecule has 0 rings (SSSR count). The molecule has 0 saturated carbocycles. The van der Waals surface area contributed by atoms with Crippen molar-refractivity contribution in [1.29, 1.82) is 0 Å². The molecule has 0 aliphatic heterocycles. The highest BCUT2D eigenvalue weighted by molar-refractivity contribution is 6.42. The summed E-state index contributed by atoms with van der Waals surface area (Å²) in [5.74, 6) is -0.651. The number of rotatable bonds is 7. The molecule has 0 bridgehead atoms. The third-order valence-corrected chi connectivity index (χ3v) is 2.95. The zero-order valence-corrected chi connectivity index (χ0v) is 11.8. The van der Waals surface area contributed by atoms with E-state index in [2.05, 4.69) is 14.8 Å². The van der Waals surface area contributed by atoms with Gasteiger partial charge in [0, 0.05) is 0 Å². The highest BCUT2D eigenvalue weighted by Crippen LogP contribution is 2.17. The number of ether oxygens (including phenoxy) is 1. The topological polar surface area (TPSA) is 112 Å². The third-order valence-electron chi connectivity index (χ3n) is 2.95. The molecule has 1 amide bonds. The van der Waals surface area contributed by atoms with E-state index in [-0.39, 0.29) is 25.2 Å². The van der Waals surface area contributed by atoms with Crippen LogP contribution in [0.2, 0.25) is 0 Å².